The van der Waals surface area contributed by atoms with Crippen molar-refractivity contribution in [2.75, 3.05) is 6.26 Å². The molecule has 0 amide bonds. The SMILES string of the molecule is CC1C=C2C(=CC1C1C=C3C(=CC1S(C)(c1ccccc1)c1ccccc1)C(C)(C)CCC3(C)C)C(C)(C)CCC2(C)C. The van der Waals surface area contributed by atoms with Gasteiger partial charge < -0.3 is 0 Å². The zero-order chi connectivity index (χ0) is 31.0. The molecule has 0 heterocycles. The van der Waals surface area contributed by atoms with Crippen LogP contribution in [0.3, 0.4) is 0 Å². The minimum Gasteiger partial charge on any atom is -0.183 e. The molecular formula is C42H56S. The second-order valence-electron chi connectivity index (χ2n) is 16.9. The maximum Gasteiger partial charge on any atom is 0.0218 e. The van der Waals surface area contributed by atoms with Crippen molar-refractivity contribution in [1.29, 1.82) is 0 Å². The molecule has 0 N–H and O–H groups in total. The van der Waals surface area contributed by atoms with Crippen LogP contribution in [0, 0.1) is 39.4 Å². The van der Waals surface area contributed by atoms with E-state index in [1.165, 1.54) is 35.5 Å². The molecule has 4 unspecified atom stereocenters. The van der Waals surface area contributed by atoms with Crippen molar-refractivity contribution in [2.24, 2.45) is 39.4 Å². The standard InChI is InChI=1S/C42H56S/c1-29-25-34-35(40(4,5)22-21-39(34,2)3)26-32(29)33-27-36-37(42(8,9)24-23-41(36,6)7)28-38(33)43(10,30-17-13-11-14-18-30)31-19-15-12-16-20-31/h11-20,25-29,32-33,38H,21-24H2,1-10H3. The van der Waals surface area contributed by atoms with E-state index >= 15 is 0 Å². The molecular weight excluding hydrogens is 537 g/mol. The Hall–Kier alpha value is -2.25. The van der Waals surface area contributed by atoms with E-state index < -0.39 is 10.0 Å². The maximum absolute atomic E-state index is 2.83. The predicted octanol–water partition coefficient (Wildman–Crippen LogP) is 12.2. The van der Waals surface area contributed by atoms with E-state index in [1.54, 1.807) is 22.3 Å². The molecule has 0 radical (unpaired) electrons. The minimum absolute atomic E-state index is 0.192. The van der Waals surface area contributed by atoms with Crippen LogP contribution in [0.2, 0.25) is 0 Å². The normalized spacial score (nSPS) is 30.9. The molecule has 2 fully saturated rings. The number of hydrogen-bond acceptors (Lipinski definition) is 0. The first-order valence-corrected chi connectivity index (χ1v) is 19.0. The van der Waals surface area contributed by atoms with Crippen molar-refractivity contribution >= 4 is 10.0 Å². The lowest BCUT2D eigenvalue weighted by Crippen LogP contribution is -2.42. The number of fused-ring (bicyclic) bond motifs is 2. The van der Waals surface area contributed by atoms with Gasteiger partial charge in [0.2, 0.25) is 0 Å². The van der Waals surface area contributed by atoms with E-state index in [0.717, 1.165) is 0 Å². The Morgan fingerprint density at radius 2 is 0.837 bits per heavy atom. The topological polar surface area (TPSA) is 0 Å². The summed E-state index contributed by atoms with van der Waals surface area (Å²) in [6.07, 6.45) is 18.8. The number of hydrogen-bond donors (Lipinski definition) is 0. The Balaban J connectivity index is 1.60. The molecule has 2 saturated carbocycles. The molecule has 2 aromatic rings. The second kappa shape index (κ2) is 10.4. The zero-order valence-electron chi connectivity index (χ0n) is 28.6. The van der Waals surface area contributed by atoms with E-state index in [0.29, 0.717) is 23.0 Å². The van der Waals surface area contributed by atoms with Crippen LogP contribution >= 0.6 is 10.0 Å². The second-order valence-corrected chi connectivity index (χ2v) is 20.4. The van der Waals surface area contributed by atoms with Gasteiger partial charge in [-0.25, -0.2) is 0 Å². The van der Waals surface area contributed by atoms with E-state index in [2.05, 4.69) is 154 Å². The van der Waals surface area contributed by atoms with Crippen molar-refractivity contribution in [3.8, 4) is 0 Å². The van der Waals surface area contributed by atoms with Crippen LogP contribution in [0.4, 0.5) is 0 Å². The van der Waals surface area contributed by atoms with Gasteiger partial charge in [-0.15, -0.1) is 0 Å². The molecule has 0 aromatic heterocycles. The first-order valence-electron chi connectivity index (χ1n) is 16.9. The number of benzene rings is 2. The van der Waals surface area contributed by atoms with Gasteiger partial charge in [0.1, 0.15) is 0 Å². The summed E-state index contributed by atoms with van der Waals surface area (Å²) in [5, 5.41) is 0.420. The van der Waals surface area contributed by atoms with Crippen LogP contribution in [0.1, 0.15) is 88.0 Å². The molecule has 0 nitrogen and oxygen atoms in total. The molecule has 4 atom stereocenters. The van der Waals surface area contributed by atoms with Crippen molar-refractivity contribution in [1.82, 2.24) is 0 Å². The highest BCUT2D eigenvalue weighted by Crippen LogP contribution is 2.69. The molecule has 0 saturated heterocycles. The van der Waals surface area contributed by atoms with Crippen LogP contribution in [0.25, 0.3) is 0 Å². The molecule has 4 aliphatic carbocycles. The van der Waals surface area contributed by atoms with Gasteiger partial charge in [-0.1, -0.05) is 123 Å². The molecule has 2 aromatic carbocycles. The molecule has 0 spiro atoms. The monoisotopic (exact) mass is 592 g/mol. The molecule has 43 heavy (non-hydrogen) atoms. The first kappa shape index (κ1) is 30.8. The Morgan fingerprint density at radius 3 is 1.26 bits per heavy atom. The van der Waals surface area contributed by atoms with E-state index in [4.69, 9.17) is 0 Å². The Bertz CT molecular complexity index is 1450. The number of rotatable bonds is 4. The molecule has 230 valence electrons. The Morgan fingerprint density at radius 1 is 0.488 bits per heavy atom. The quantitative estimate of drug-likeness (QED) is 0.331. The average molecular weight is 593 g/mol. The summed E-state index contributed by atoms with van der Waals surface area (Å²) in [5.74, 6) is 1.41. The summed E-state index contributed by atoms with van der Waals surface area (Å²) in [4.78, 5) is 3.01. The Kier molecular flexibility index (Phi) is 7.44. The molecule has 4 aliphatic rings. The van der Waals surface area contributed by atoms with Gasteiger partial charge in [0, 0.05) is 5.25 Å². The zero-order valence-corrected chi connectivity index (χ0v) is 29.4. The fourth-order valence-electron chi connectivity index (χ4n) is 8.89. The number of allylic oxidation sites excluding steroid dienone is 7. The summed E-state index contributed by atoms with van der Waals surface area (Å²) in [5.41, 5.74) is 7.40. The van der Waals surface area contributed by atoms with Gasteiger partial charge in [0.15, 0.2) is 0 Å². The van der Waals surface area contributed by atoms with Crippen molar-refractivity contribution in [3.63, 3.8) is 0 Å². The van der Waals surface area contributed by atoms with E-state index in [-0.39, 0.29) is 21.7 Å². The summed E-state index contributed by atoms with van der Waals surface area (Å²) in [7, 11) is -1.41. The van der Waals surface area contributed by atoms with Crippen LogP contribution < -0.4 is 0 Å². The Labute approximate surface area is 265 Å². The lowest BCUT2D eigenvalue weighted by atomic mass is 9.55. The highest BCUT2D eigenvalue weighted by Gasteiger charge is 2.50. The van der Waals surface area contributed by atoms with Gasteiger partial charge in [0.25, 0.3) is 0 Å². The first-order chi connectivity index (χ1) is 20.1. The van der Waals surface area contributed by atoms with Gasteiger partial charge in [-0.05, 0) is 128 Å². The largest absolute Gasteiger partial charge is 0.183 e. The van der Waals surface area contributed by atoms with Crippen LogP contribution in [-0.4, -0.2) is 11.5 Å². The van der Waals surface area contributed by atoms with Crippen molar-refractivity contribution in [3.05, 3.63) is 107 Å². The van der Waals surface area contributed by atoms with Crippen molar-refractivity contribution < 1.29 is 0 Å². The summed E-state index contributed by atoms with van der Waals surface area (Å²) in [6, 6.07) is 23.1. The molecule has 6 rings (SSSR count). The maximum atomic E-state index is 2.83. The fourth-order valence-corrected chi connectivity index (χ4v) is 12.5. The van der Waals surface area contributed by atoms with Crippen LogP contribution in [-0.2, 0) is 0 Å². The van der Waals surface area contributed by atoms with Crippen molar-refractivity contribution in [2.45, 2.75) is 103 Å². The molecule has 0 bridgehead atoms. The molecule has 0 aliphatic heterocycles. The lowest BCUT2D eigenvalue weighted by molar-refractivity contribution is 0.238. The third kappa shape index (κ3) is 5.07. The van der Waals surface area contributed by atoms with Crippen LogP contribution in [0.5, 0.6) is 0 Å². The smallest absolute Gasteiger partial charge is 0.0218 e. The van der Waals surface area contributed by atoms with Gasteiger partial charge >= 0.3 is 0 Å². The highest BCUT2D eigenvalue weighted by molar-refractivity contribution is 8.33. The van der Waals surface area contributed by atoms with E-state index in [9.17, 15) is 0 Å². The predicted molar refractivity (Wildman–Crippen MR) is 189 cm³/mol. The lowest BCUT2D eigenvalue weighted by Gasteiger charge is -2.55. The summed E-state index contributed by atoms with van der Waals surface area (Å²) >= 11 is 0. The summed E-state index contributed by atoms with van der Waals surface area (Å²) < 4.78 is 0. The van der Waals surface area contributed by atoms with Gasteiger partial charge in [-0.3, -0.25) is 0 Å². The highest BCUT2D eigenvalue weighted by atomic mass is 32.3. The fraction of sp³-hybridized carbons (Fsp3) is 0.524. The van der Waals surface area contributed by atoms with Crippen LogP contribution in [0.15, 0.2) is 117 Å². The third-order valence-electron chi connectivity index (χ3n) is 12.2. The minimum atomic E-state index is -1.41. The summed E-state index contributed by atoms with van der Waals surface area (Å²) in [6.45, 7) is 22.5. The third-order valence-corrected chi connectivity index (χ3v) is 16.2. The van der Waals surface area contributed by atoms with Gasteiger partial charge in [0.05, 0.1) is 0 Å². The van der Waals surface area contributed by atoms with Gasteiger partial charge in [-0.2, -0.15) is 10.0 Å². The molecule has 1 heteroatoms. The average Bonchev–Trinajstić information content (AvgIpc) is 2.98. The van der Waals surface area contributed by atoms with E-state index in [1.807, 2.05) is 0 Å².